The summed E-state index contributed by atoms with van der Waals surface area (Å²) in [5, 5.41) is 7.75. The summed E-state index contributed by atoms with van der Waals surface area (Å²) >= 11 is 0. The van der Waals surface area contributed by atoms with Crippen molar-refractivity contribution < 1.29 is 8.42 Å². The summed E-state index contributed by atoms with van der Waals surface area (Å²) < 4.78 is 28.9. The first-order valence-electron chi connectivity index (χ1n) is 6.91. The third kappa shape index (κ3) is 2.58. The van der Waals surface area contributed by atoms with Gasteiger partial charge in [0, 0.05) is 19.3 Å². The maximum absolute atomic E-state index is 12.8. The standard InChI is InChI=1S/C14H18N4O2S/c1-11-3-4-12(2)14(9-11)21(19,20)17-7-5-13(10-17)18-8-6-15-16-18/h3-4,6,8-9,13H,5,7,10H2,1-2H3. The maximum Gasteiger partial charge on any atom is 0.243 e. The van der Waals surface area contributed by atoms with E-state index in [0.717, 1.165) is 17.5 Å². The summed E-state index contributed by atoms with van der Waals surface area (Å²) in [4.78, 5) is 0.404. The average molecular weight is 306 g/mol. The predicted molar refractivity (Wildman–Crippen MR) is 78.4 cm³/mol. The van der Waals surface area contributed by atoms with Gasteiger partial charge in [-0.3, -0.25) is 0 Å². The molecule has 2 aromatic rings. The van der Waals surface area contributed by atoms with E-state index < -0.39 is 10.0 Å². The monoisotopic (exact) mass is 306 g/mol. The fourth-order valence-electron chi connectivity index (χ4n) is 2.68. The molecule has 0 saturated carbocycles. The lowest BCUT2D eigenvalue weighted by Gasteiger charge is -2.18. The molecule has 7 heteroatoms. The minimum Gasteiger partial charge on any atom is -0.248 e. The van der Waals surface area contributed by atoms with E-state index in [1.54, 1.807) is 27.4 Å². The number of hydrogen-bond acceptors (Lipinski definition) is 4. The molecule has 0 spiro atoms. The molecule has 0 amide bonds. The molecule has 1 atom stereocenters. The van der Waals surface area contributed by atoms with Crippen LogP contribution in [0.3, 0.4) is 0 Å². The van der Waals surface area contributed by atoms with Crippen molar-refractivity contribution in [3.63, 3.8) is 0 Å². The molecular formula is C14H18N4O2S. The van der Waals surface area contributed by atoms with Crippen LogP contribution < -0.4 is 0 Å². The van der Waals surface area contributed by atoms with Crippen LogP contribution in [-0.2, 0) is 10.0 Å². The zero-order chi connectivity index (χ0) is 15.0. The number of hydrogen-bond donors (Lipinski definition) is 0. The molecule has 1 unspecified atom stereocenters. The van der Waals surface area contributed by atoms with E-state index >= 15 is 0 Å². The van der Waals surface area contributed by atoms with Gasteiger partial charge >= 0.3 is 0 Å². The number of rotatable bonds is 3. The van der Waals surface area contributed by atoms with Crippen LogP contribution >= 0.6 is 0 Å². The highest BCUT2D eigenvalue weighted by Gasteiger charge is 2.34. The molecule has 1 aliphatic heterocycles. The van der Waals surface area contributed by atoms with Crippen molar-refractivity contribution >= 4 is 10.0 Å². The molecule has 1 aromatic heterocycles. The first-order valence-corrected chi connectivity index (χ1v) is 8.36. The van der Waals surface area contributed by atoms with Crippen LogP contribution in [0.2, 0.25) is 0 Å². The Morgan fingerprint density at radius 2 is 2.10 bits per heavy atom. The highest BCUT2D eigenvalue weighted by atomic mass is 32.2. The molecule has 1 fully saturated rings. The Kier molecular flexibility index (Phi) is 3.54. The number of benzene rings is 1. The largest absolute Gasteiger partial charge is 0.248 e. The molecule has 1 aromatic carbocycles. The Labute approximate surface area is 124 Å². The third-order valence-electron chi connectivity index (χ3n) is 3.90. The predicted octanol–water partition coefficient (Wildman–Crippen LogP) is 1.53. The molecule has 0 N–H and O–H groups in total. The van der Waals surface area contributed by atoms with Gasteiger partial charge in [-0.15, -0.1) is 5.10 Å². The van der Waals surface area contributed by atoms with Gasteiger partial charge in [-0.2, -0.15) is 4.31 Å². The van der Waals surface area contributed by atoms with Crippen LogP contribution in [0.5, 0.6) is 0 Å². The lowest BCUT2D eigenvalue weighted by atomic mass is 10.2. The van der Waals surface area contributed by atoms with E-state index in [-0.39, 0.29) is 6.04 Å². The molecule has 6 nitrogen and oxygen atoms in total. The van der Waals surface area contributed by atoms with Gasteiger partial charge in [-0.05, 0) is 37.5 Å². The van der Waals surface area contributed by atoms with Gasteiger partial charge in [0.1, 0.15) is 0 Å². The highest BCUT2D eigenvalue weighted by Crippen LogP contribution is 2.28. The van der Waals surface area contributed by atoms with Crippen LogP contribution in [0.4, 0.5) is 0 Å². The average Bonchev–Trinajstić information content (AvgIpc) is 3.11. The molecular weight excluding hydrogens is 288 g/mol. The third-order valence-corrected chi connectivity index (χ3v) is 5.91. The SMILES string of the molecule is Cc1ccc(C)c(S(=O)(=O)N2CCC(n3ccnn3)C2)c1. The Hall–Kier alpha value is -1.73. The van der Waals surface area contributed by atoms with E-state index in [0.29, 0.717) is 18.0 Å². The zero-order valence-corrected chi connectivity index (χ0v) is 12.9. The number of aromatic nitrogens is 3. The number of sulfonamides is 1. The van der Waals surface area contributed by atoms with E-state index in [2.05, 4.69) is 10.3 Å². The molecule has 21 heavy (non-hydrogen) atoms. The molecule has 0 aliphatic carbocycles. The van der Waals surface area contributed by atoms with Crippen molar-refractivity contribution in [2.75, 3.05) is 13.1 Å². The summed E-state index contributed by atoms with van der Waals surface area (Å²) in [5.74, 6) is 0. The van der Waals surface area contributed by atoms with Gasteiger partial charge in [0.05, 0.1) is 17.1 Å². The van der Waals surface area contributed by atoms with Gasteiger partial charge in [-0.1, -0.05) is 17.3 Å². The maximum atomic E-state index is 12.8. The highest BCUT2D eigenvalue weighted by molar-refractivity contribution is 7.89. The molecule has 2 heterocycles. The van der Waals surface area contributed by atoms with Crippen molar-refractivity contribution in [1.29, 1.82) is 0 Å². The second-order valence-electron chi connectivity index (χ2n) is 5.46. The summed E-state index contributed by atoms with van der Waals surface area (Å²) in [6.07, 6.45) is 4.15. The van der Waals surface area contributed by atoms with Crippen molar-refractivity contribution in [2.45, 2.75) is 31.2 Å². The second-order valence-corrected chi connectivity index (χ2v) is 7.36. The summed E-state index contributed by atoms with van der Waals surface area (Å²) in [6, 6.07) is 5.59. The Bertz CT molecular complexity index is 740. The normalized spacial score (nSPS) is 20.0. The van der Waals surface area contributed by atoms with Gasteiger partial charge in [-0.25, -0.2) is 13.1 Å². The first kappa shape index (κ1) is 14.2. The summed E-state index contributed by atoms with van der Waals surface area (Å²) in [7, 11) is -3.44. The van der Waals surface area contributed by atoms with Crippen molar-refractivity contribution in [3.05, 3.63) is 41.7 Å². The molecule has 1 aliphatic rings. The van der Waals surface area contributed by atoms with Gasteiger partial charge in [0.25, 0.3) is 0 Å². The minimum absolute atomic E-state index is 0.0624. The smallest absolute Gasteiger partial charge is 0.243 e. The van der Waals surface area contributed by atoms with E-state index in [1.807, 2.05) is 26.0 Å². The summed E-state index contributed by atoms with van der Waals surface area (Å²) in [6.45, 7) is 4.69. The molecule has 112 valence electrons. The van der Waals surface area contributed by atoms with Crippen LogP contribution in [0.15, 0.2) is 35.5 Å². The Morgan fingerprint density at radius 3 is 2.81 bits per heavy atom. The number of nitrogens with zero attached hydrogens (tertiary/aromatic N) is 4. The van der Waals surface area contributed by atoms with E-state index in [9.17, 15) is 8.42 Å². The van der Waals surface area contributed by atoms with Crippen molar-refractivity contribution in [2.24, 2.45) is 0 Å². The fraction of sp³-hybridized carbons (Fsp3) is 0.429. The molecule has 0 bridgehead atoms. The molecule has 1 saturated heterocycles. The van der Waals surface area contributed by atoms with E-state index in [4.69, 9.17) is 0 Å². The molecule has 3 rings (SSSR count). The van der Waals surface area contributed by atoms with Gasteiger partial charge in [0.2, 0.25) is 10.0 Å². The topological polar surface area (TPSA) is 68.1 Å². The second kappa shape index (κ2) is 5.23. The summed E-state index contributed by atoms with van der Waals surface area (Å²) in [5.41, 5.74) is 1.73. The minimum atomic E-state index is -3.44. The van der Waals surface area contributed by atoms with Crippen molar-refractivity contribution in [1.82, 2.24) is 19.3 Å². The lowest BCUT2D eigenvalue weighted by Crippen LogP contribution is -2.30. The van der Waals surface area contributed by atoms with Gasteiger partial charge < -0.3 is 0 Å². The van der Waals surface area contributed by atoms with Crippen LogP contribution in [0, 0.1) is 13.8 Å². The zero-order valence-electron chi connectivity index (χ0n) is 12.1. The van der Waals surface area contributed by atoms with Crippen LogP contribution in [0.1, 0.15) is 23.6 Å². The molecule has 0 radical (unpaired) electrons. The van der Waals surface area contributed by atoms with E-state index in [1.165, 1.54) is 0 Å². The lowest BCUT2D eigenvalue weighted by molar-refractivity contribution is 0.428. The first-order chi connectivity index (χ1) is 9.98. The number of aryl methyl sites for hydroxylation is 2. The van der Waals surface area contributed by atoms with Gasteiger partial charge in [0.15, 0.2) is 0 Å². The Morgan fingerprint density at radius 1 is 1.29 bits per heavy atom. The quantitative estimate of drug-likeness (QED) is 0.862. The van der Waals surface area contributed by atoms with Crippen LogP contribution in [0.25, 0.3) is 0 Å². The Balaban J connectivity index is 1.88. The fourth-order valence-corrected chi connectivity index (χ4v) is 4.48. The van der Waals surface area contributed by atoms with Crippen molar-refractivity contribution in [3.8, 4) is 0 Å². The van der Waals surface area contributed by atoms with Crippen LogP contribution in [-0.4, -0.2) is 40.8 Å².